The fourth-order valence-electron chi connectivity index (χ4n) is 2.30. The highest BCUT2D eigenvalue weighted by atomic mass is 17.2. The summed E-state index contributed by atoms with van der Waals surface area (Å²) in [6, 6.07) is 30.2. The summed E-state index contributed by atoms with van der Waals surface area (Å²) >= 11 is 0. The van der Waals surface area contributed by atoms with E-state index in [1.807, 2.05) is 91.0 Å². The summed E-state index contributed by atoms with van der Waals surface area (Å²) in [6.07, 6.45) is -0.230. The molecule has 0 aromatic heterocycles. The standard InChI is InChI=1S/C20H18O2/c1-4-10-17(11-5-1)16-21-22-20(18-12-6-2-7-13-18)19-14-8-3-9-15-19/h1-15,20H,16H2. The molecule has 0 aliphatic heterocycles. The summed E-state index contributed by atoms with van der Waals surface area (Å²) in [5.74, 6) is 0. The fraction of sp³-hybridized carbons (Fsp3) is 0.100. The van der Waals surface area contributed by atoms with Crippen molar-refractivity contribution < 1.29 is 9.78 Å². The number of hydrogen-bond donors (Lipinski definition) is 0. The predicted molar refractivity (Wildman–Crippen MR) is 87.0 cm³/mol. The van der Waals surface area contributed by atoms with Crippen molar-refractivity contribution in [2.24, 2.45) is 0 Å². The van der Waals surface area contributed by atoms with Gasteiger partial charge in [-0.25, -0.2) is 9.78 Å². The summed E-state index contributed by atoms with van der Waals surface area (Å²) in [7, 11) is 0. The highest BCUT2D eigenvalue weighted by Crippen LogP contribution is 2.26. The lowest BCUT2D eigenvalue weighted by Gasteiger charge is -2.17. The predicted octanol–water partition coefficient (Wildman–Crippen LogP) is 4.92. The van der Waals surface area contributed by atoms with Crippen LogP contribution in [0.25, 0.3) is 0 Å². The molecule has 0 amide bonds. The molecule has 2 heteroatoms. The molecule has 3 aromatic carbocycles. The van der Waals surface area contributed by atoms with Crippen molar-refractivity contribution in [3.05, 3.63) is 108 Å². The molecular formula is C20H18O2. The van der Waals surface area contributed by atoms with Gasteiger partial charge >= 0.3 is 0 Å². The van der Waals surface area contributed by atoms with Gasteiger partial charge in [-0.3, -0.25) is 0 Å². The van der Waals surface area contributed by atoms with Crippen LogP contribution in [0.4, 0.5) is 0 Å². The topological polar surface area (TPSA) is 18.5 Å². The van der Waals surface area contributed by atoms with E-state index in [-0.39, 0.29) is 6.10 Å². The van der Waals surface area contributed by atoms with Crippen LogP contribution >= 0.6 is 0 Å². The van der Waals surface area contributed by atoms with Crippen molar-refractivity contribution in [2.45, 2.75) is 12.7 Å². The van der Waals surface area contributed by atoms with Gasteiger partial charge in [-0.2, -0.15) is 0 Å². The molecule has 0 unspecified atom stereocenters. The SMILES string of the molecule is c1ccc(COOC(c2ccccc2)c2ccccc2)cc1. The van der Waals surface area contributed by atoms with Gasteiger partial charge in [0, 0.05) is 0 Å². The van der Waals surface area contributed by atoms with Crippen molar-refractivity contribution in [2.75, 3.05) is 0 Å². The monoisotopic (exact) mass is 290 g/mol. The molecule has 0 fully saturated rings. The first-order chi connectivity index (χ1) is 10.9. The molecule has 22 heavy (non-hydrogen) atoms. The minimum atomic E-state index is -0.230. The molecule has 0 atom stereocenters. The van der Waals surface area contributed by atoms with Crippen LogP contribution in [0.3, 0.4) is 0 Å². The maximum absolute atomic E-state index is 5.72. The molecule has 0 saturated carbocycles. The second-order valence-corrected chi connectivity index (χ2v) is 5.05. The van der Waals surface area contributed by atoms with Crippen LogP contribution in [0.5, 0.6) is 0 Å². The Labute approximate surface area is 130 Å². The second-order valence-electron chi connectivity index (χ2n) is 5.05. The normalized spacial score (nSPS) is 10.8. The van der Waals surface area contributed by atoms with E-state index in [0.717, 1.165) is 16.7 Å². The lowest BCUT2D eigenvalue weighted by Crippen LogP contribution is -2.07. The third-order valence-electron chi connectivity index (χ3n) is 3.44. The highest BCUT2D eigenvalue weighted by Gasteiger charge is 2.15. The van der Waals surface area contributed by atoms with Gasteiger partial charge in [-0.1, -0.05) is 91.0 Å². The van der Waals surface area contributed by atoms with Crippen LogP contribution in [0.2, 0.25) is 0 Å². The van der Waals surface area contributed by atoms with Crippen LogP contribution < -0.4 is 0 Å². The average Bonchev–Trinajstić information content (AvgIpc) is 2.61. The number of benzene rings is 3. The summed E-state index contributed by atoms with van der Waals surface area (Å²) in [5.41, 5.74) is 3.23. The van der Waals surface area contributed by atoms with Crippen LogP contribution in [-0.2, 0) is 16.4 Å². The van der Waals surface area contributed by atoms with E-state index in [1.54, 1.807) is 0 Å². The summed E-state index contributed by atoms with van der Waals surface area (Å²) < 4.78 is 0. The van der Waals surface area contributed by atoms with Crippen LogP contribution in [0.1, 0.15) is 22.8 Å². The first-order valence-electron chi connectivity index (χ1n) is 7.35. The number of hydrogen-bond acceptors (Lipinski definition) is 2. The summed E-state index contributed by atoms with van der Waals surface area (Å²) in [4.78, 5) is 11.2. The Morgan fingerprint density at radius 3 is 1.55 bits per heavy atom. The quantitative estimate of drug-likeness (QED) is 0.473. The smallest absolute Gasteiger partial charge is 0.143 e. The van der Waals surface area contributed by atoms with Gasteiger partial charge in [0.25, 0.3) is 0 Å². The Bertz CT molecular complexity index is 626. The molecule has 0 bridgehead atoms. The Morgan fingerprint density at radius 2 is 1.05 bits per heavy atom. The minimum Gasteiger partial charge on any atom is -0.231 e. The number of rotatable bonds is 6. The summed E-state index contributed by atoms with van der Waals surface area (Å²) in [6.45, 7) is 0.428. The molecule has 2 nitrogen and oxygen atoms in total. The van der Waals surface area contributed by atoms with Gasteiger partial charge in [-0.15, -0.1) is 0 Å². The lowest BCUT2D eigenvalue weighted by molar-refractivity contribution is -0.327. The lowest BCUT2D eigenvalue weighted by atomic mass is 10.0. The molecule has 0 aliphatic rings. The van der Waals surface area contributed by atoms with E-state index < -0.39 is 0 Å². The van der Waals surface area contributed by atoms with Gasteiger partial charge in [0.05, 0.1) is 0 Å². The van der Waals surface area contributed by atoms with Crippen molar-refractivity contribution in [3.63, 3.8) is 0 Å². The molecule has 0 N–H and O–H groups in total. The molecule has 0 aliphatic carbocycles. The maximum Gasteiger partial charge on any atom is 0.143 e. The van der Waals surface area contributed by atoms with Gasteiger partial charge in [0.2, 0.25) is 0 Å². The van der Waals surface area contributed by atoms with Crippen LogP contribution in [0, 0.1) is 0 Å². The minimum absolute atomic E-state index is 0.230. The Balaban J connectivity index is 1.72. The molecule has 3 aromatic rings. The maximum atomic E-state index is 5.72. The molecule has 0 spiro atoms. The molecule has 0 saturated heterocycles. The van der Waals surface area contributed by atoms with E-state index in [9.17, 15) is 0 Å². The molecule has 0 heterocycles. The molecular weight excluding hydrogens is 272 g/mol. The zero-order valence-corrected chi connectivity index (χ0v) is 12.3. The van der Waals surface area contributed by atoms with Crippen molar-refractivity contribution in [1.82, 2.24) is 0 Å². The zero-order chi connectivity index (χ0) is 15.0. The zero-order valence-electron chi connectivity index (χ0n) is 12.3. The average molecular weight is 290 g/mol. The summed E-state index contributed by atoms with van der Waals surface area (Å²) in [5, 5.41) is 0. The van der Waals surface area contributed by atoms with Crippen molar-refractivity contribution >= 4 is 0 Å². The van der Waals surface area contributed by atoms with E-state index in [4.69, 9.17) is 9.78 Å². The van der Waals surface area contributed by atoms with Crippen LogP contribution in [0.15, 0.2) is 91.0 Å². The fourth-order valence-corrected chi connectivity index (χ4v) is 2.30. The van der Waals surface area contributed by atoms with E-state index in [0.29, 0.717) is 6.61 Å². The van der Waals surface area contributed by atoms with Gasteiger partial charge in [0.1, 0.15) is 12.7 Å². The third-order valence-corrected chi connectivity index (χ3v) is 3.44. The second kappa shape index (κ2) is 7.55. The Morgan fingerprint density at radius 1 is 0.591 bits per heavy atom. The first kappa shape index (κ1) is 14.5. The molecule has 0 radical (unpaired) electrons. The third kappa shape index (κ3) is 3.82. The largest absolute Gasteiger partial charge is 0.231 e. The van der Waals surface area contributed by atoms with E-state index in [1.165, 1.54) is 0 Å². The first-order valence-corrected chi connectivity index (χ1v) is 7.35. The van der Waals surface area contributed by atoms with Crippen molar-refractivity contribution in [1.29, 1.82) is 0 Å². The highest BCUT2D eigenvalue weighted by molar-refractivity contribution is 5.29. The van der Waals surface area contributed by atoms with Crippen LogP contribution in [-0.4, -0.2) is 0 Å². The Kier molecular flexibility index (Phi) is 4.98. The van der Waals surface area contributed by atoms with Gasteiger partial charge in [0.15, 0.2) is 0 Å². The molecule has 110 valence electrons. The molecule has 3 rings (SSSR count). The van der Waals surface area contributed by atoms with Gasteiger partial charge in [-0.05, 0) is 16.7 Å². The van der Waals surface area contributed by atoms with E-state index >= 15 is 0 Å². The van der Waals surface area contributed by atoms with E-state index in [2.05, 4.69) is 0 Å². The van der Waals surface area contributed by atoms with Gasteiger partial charge < -0.3 is 0 Å². The van der Waals surface area contributed by atoms with Crippen molar-refractivity contribution in [3.8, 4) is 0 Å². The Hall–Kier alpha value is -2.42.